The lowest BCUT2D eigenvalue weighted by atomic mass is 10.0. The maximum Gasteiger partial charge on any atom is 0.232 e. The standard InChI is InChI=1S/C20H25ClFN5S/c1-14-5-2-3-12-27(14)18-13-17(21)24-19(25-18)26-20(28)23-11-4-6-15-7-9-16(22)10-8-15/h7-10,13-14H,2-6,11-12H2,1H3,(H2,23,24,25,26,28)/t14-/m0/s1. The van der Waals surface area contributed by atoms with Crippen LogP contribution in [0.15, 0.2) is 30.3 Å². The molecule has 0 aliphatic carbocycles. The van der Waals surface area contributed by atoms with E-state index in [0.717, 1.165) is 43.6 Å². The van der Waals surface area contributed by atoms with Crippen LogP contribution in [0.1, 0.15) is 38.2 Å². The maximum absolute atomic E-state index is 12.9. The molecule has 0 bridgehead atoms. The van der Waals surface area contributed by atoms with E-state index < -0.39 is 0 Å². The van der Waals surface area contributed by atoms with Crippen molar-refractivity contribution in [2.75, 3.05) is 23.3 Å². The predicted octanol–water partition coefficient (Wildman–Crippen LogP) is 4.57. The molecule has 0 amide bonds. The first-order valence-electron chi connectivity index (χ1n) is 9.62. The smallest absolute Gasteiger partial charge is 0.232 e. The highest BCUT2D eigenvalue weighted by atomic mass is 35.5. The van der Waals surface area contributed by atoms with Crippen molar-refractivity contribution >= 4 is 40.7 Å². The number of aromatic nitrogens is 2. The third-order valence-corrected chi connectivity index (χ3v) is 5.29. The van der Waals surface area contributed by atoms with Gasteiger partial charge < -0.3 is 15.5 Å². The van der Waals surface area contributed by atoms with Crippen LogP contribution in [0.5, 0.6) is 0 Å². The number of thiocarbonyl (C=S) groups is 1. The summed E-state index contributed by atoms with van der Waals surface area (Å²) in [6, 6.07) is 8.79. The van der Waals surface area contributed by atoms with Gasteiger partial charge in [-0.05, 0) is 68.9 Å². The molecule has 1 aliphatic rings. The van der Waals surface area contributed by atoms with Crippen molar-refractivity contribution in [2.24, 2.45) is 0 Å². The Bertz CT molecular complexity index is 802. The molecule has 28 heavy (non-hydrogen) atoms. The van der Waals surface area contributed by atoms with Gasteiger partial charge in [0.25, 0.3) is 0 Å². The molecular formula is C20H25ClFN5S. The van der Waals surface area contributed by atoms with Gasteiger partial charge in [0.1, 0.15) is 16.8 Å². The van der Waals surface area contributed by atoms with Gasteiger partial charge in [0, 0.05) is 25.2 Å². The molecule has 2 aromatic rings. The number of nitrogens with one attached hydrogen (secondary N) is 2. The van der Waals surface area contributed by atoms with Crippen LogP contribution in [0, 0.1) is 5.82 Å². The Hall–Kier alpha value is -1.99. The number of anilines is 2. The molecule has 0 saturated carbocycles. The Balaban J connectivity index is 1.50. The van der Waals surface area contributed by atoms with Crippen molar-refractivity contribution in [1.29, 1.82) is 0 Å². The van der Waals surface area contributed by atoms with Gasteiger partial charge in [0.05, 0.1) is 0 Å². The first-order valence-corrected chi connectivity index (χ1v) is 10.4. The fourth-order valence-corrected chi connectivity index (χ4v) is 3.71. The van der Waals surface area contributed by atoms with E-state index in [1.807, 2.05) is 0 Å². The maximum atomic E-state index is 12.9. The SMILES string of the molecule is C[C@H]1CCCCN1c1cc(Cl)nc(NC(=S)NCCCc2ccc(F)cc2)n1. The number of piperidine rings is 1. The molecule has 1 atom stereocenters. The monoisotopic (exact) mass is 421 g/mol. The van der Waals surface area contributed by atoms with Gasteiger partial charge in [0.15, 0.2) is 5.11 Å². The van der Waals surface area contributed by atoms with E-state index in [1.54, 1.807) is 18.2 Å². The lowest BCUT2D eigenvalue weighted by Crippen LogP contribution is -2.38. The van der Waals surface area contributed by atoms with Gasteiger partial charge in [-0.2, -0.15) is 4.98 Å². The number of hydrogen-bond donors (Lipinski definition) is 2. The Kier molecular flexibility index (Phi) is 7.39. The molecular weight excluding hydrogens is 397 g/mol. The van der Waals surface area contributed by atoms with Gasteiger partial charge in [0.2, 0.25) is 5.95 Å². The Morgan fingerprint density at radius 3 is 2.82 bits per heavy atom. The average Bonchev–Trinajstić information content (AvgIpc) is 2.66. The summed E-state index contributed by atoms with van der Waals surface area (Å²) in [5, 5.41) is 7.02. The highest BCUT2D eigenvalue weighted by Gasteiger charge is 2.20. The summed E-state index contributed by atoms with van der Waals surface area (Å²) in [5.41, 5.74) is 1.10. The molecule has 2 N–H and O–H groups in total. The fraction of sp³-hybridized carbons (Fsp3) is 0.450. The van der Waals surface area contributed by atoms with E-state index in [4.69, 9.17) is 23.8 Å². The number of aryl methyl sites for hydroxylation is 1. The molecule has 2 heterocycles. The van der Waals surface area contributed by atoms with Gasteiger partial charge in [-0.1, -0.05) is 23.7 Å². The van der Waals surface area contributed by atoms with Gasteiger partial charge >= 0.3 is 0 Å². The van der Waals surface area contributed by atoms with Crippen molar-refractivity contribution in [3.8, 4) is 0 Å². The highest BCUT2D eigenvalue weighted by molar-refractivity contribution is 7.80. The second-order valence-corrected chi connectivity index (χ2v) is 7.82. The summed E-state index contributed by atoms with van der Waals surface area (Å²) in [5.74, 6) is 1.01. The molecule has 5 nitrogen and oxygen atoms in total. The van der Waals surface area contributed by atoms with Crippen LogP contribution in [0.2, 0.25) is 5.15 Å². The largest absolute Gasteiger partial charge is 0.362 e. The number of rotatable bonds is 6. The molecule has 0 radical (unpaired) electrons. The Labute approximate surface area is 175 Å². The molecule has 1 aromatic heterocycles. The molecule has 1 aliphatic heterocycles. The van der Waals surface area contributed by atoms with Crippen molar-refractivity contribution in [2.45, 2.75) is 45.1 Å². The van der Waals surface area contributed by atoms with E-state index in [1.165, 1.54) is 18.6 Å². The molecule has 1 aromatic carbocycles. The minimum atomic E-state index is -0.216. The van der Waals surface area contributed by atoms with Crippen LogP contribution in [0.4, 0.5) is 16.2 Å². The number of nitrogens with zero attached hydrogens (tertiary/aromatic N) is 3. The predicted molar refractivity (Wildman–Crippen MR) is 117 cm³/mol. The minimum absolute atomic E-state index is 0.216. The quantitative estimate of drug-likeness (QED) is 0.405. The first kappa shape index (κ1) is 20.7. The summed E-state index contributed by atoms with van der Waals surface area (Å²) in [7, 11) is 0. The second kappa shape index (κ2) is 9.98. The third-order valence-electron chi connectivity index (χ3n) is 4.84. The molecule has 8 heteroatoms. The molecule has 3 rings (SSSR count). The topological polar surface area (TPSA) is 53.1 Å². The Morgan fingerprint density at radius 1 is 1.29 bits per heavy atom. The van der Waals surface area contributed by atoms with Crippen LogP contribution < -0.4 is 15.5 Å². The zero-order chi connectivity index (χ0) is 19.9. The molecule has 0 spiro atoms. The van der Waals surface area contributed by atoms with Crippen LogP contribution in [-0.2, 0) is 6.42 Å². The van der Waals surface area contributed by atoms with E-state index in [-0.39, 0.29) is 5.82 Å². The van der Waals surface area contributed by atoms with Crippen LogP contribution in [0.3, 0.4) is 0 Å². The minimum Gasteiger partial charge on any atom is -0.362 e. The molecule has 0 unspecified atom stereocenters. The first-order chi connectivity index (χ1) is 13.5. The van der Waals surface area contributed by atoms with Gasteiger partial charge in [-0.15, -0.1) is 0 Å². The molecule has 1 saturated heterocycles. The van der Waals surface area contributed by atoms with E-state index in [9.17, 15) is 4.39 Å². The number of hydrogen-bond acceptors (Lipinski definition) is 4. The van der Waals surface area contributed by atoms with Crippen LogP contribution in [-0.4, -0.2) is 34.2 Å². The average molecular weight is 422 g/mol. The van der Waals surface area contributed by atoms with Crippen molar-refractivity contribution in [3.05, 3.63) is 46.9 Å². The van der Waals surface area contributed by atoms with Crippen LogP contribution >= 0.6 is 23.8 Å². The number of benzene rings is 1. The summed E-state index contributed by atoms with van der Waals surface area (Å²) in [4.78, 5) is 11.1. The fourth-order valence-electron chi connectivity index (χ4n) is 3.34. The summed E-state index contributed by atoms with van der Waals surface area (Å²) < 4.78 is 12.9. The van der Waals surface area contributed by atoms with Gasteiger partial charge in [-0.3, -0.25) is 0 Å². The van der Waals surface area contributed by atoms with Gasteiger partial charge in [-0.25, -0.2) is 9.37 Å². The lowest BCUT2D eigenvalue weighted by molar-refractivity contribution is 0.481. The Morgan fingerprint density at radius 2 is 2.07 bits per heavy atom. The normalized spacial score (nSPS) is 16.7. The summed E-state index contributed by atoms with van der Waals surface area (Å²) >= 11 is 11.5. The van der Waals surface area contributed by atoms with E-state index in [2.05, 4.69) is 32.4 Å². The molecule has 1 fully saturated rings. The number of halogens is 2. The van der Waals surface area contributed by atoms with Crippen LogP contribution in [0.25, 0.3) is 0 Å². The zero-order valence-corrected chi connectivity index (χ0v) is 17.5. The third kappa shape index (κ3) is 6.01. The van der Waals surface area contributed by atoms with E-state index >= 15 is 0 Å². The summed E-state index contributed by atoms with van der Waals surface area (Å²) in [6.07, 6.45) is 5.27. The van der Waals surface area contributed by atoms with Crippen molar-refractivity contribution in [1.82, 2.24) is 15.3 Å². The highest BCUT2D eigenvalue weighted by Crippen LogP contribution is 2.25. The van der Waals surface area contributed by atoms with E-state index in [0.29, 0.717) is 28.8 Å². The zero-order valence-electron chi connectivity index (χ0n) is 15.9. The van der Waals surface area contributed by atoms with Crippen molar-refractivity contribution in [3.63, 3.8) is 0 Å². The second-order valence-electron chi connectivity index (χ2n) is 7.02. The lowest BCUT2D eigenvalue weighted by Gasteiger charge is -2.34. The molecule has 150 valence electrons. The van der Waals surface area contributed by atoms with Crippen molar-refractivity contribution < 1.29 is 4.39 Å². The summed E-state index contributed by atoms with van der Waals surface area (Å²) in [6.45, 7) is 3.87.